The number of hydrogen-bond acceptors (Lipinski definition) is 12. The fraction of sp³-hybridized carbons (Fsp3) is 0.167. The van der Waals surface area contributed by atoms with Gasteiger partial charge in [0, 0.05) is 24.3 Å². The Morgan fingerprint density at radius 3 is 1.84 bits per heavy atom. The molecule has 2 unspecified atom stereocenters. The molecule has 0 radical (unpaired) electrons. The minimum atomic E-state index is -1.48. The number of rotatable bonds is 8. The van der Waals surface area contributed by atoms with Gasteiger partial charge in [0.2, 0.25) is 0 Å². The normalized spacial score (nSPS) is 18.9. The number of nitrogens with zero attached hydrogens (tertiary/aromatic N) is 4. The second-order valence-corrected chi connectivity index (χ2v) is 6.36. The van der Waals surface area contributed by atoms with E-state index in [1.54, 1.807) is 0 Å². The Morgan fingerprint density at radius 1 is 0.938 bits per heavy atom. The third kappa shape index (κ3) is 5.00. The van der Waals surface area contributed by atoms with E-state index < -0.39 is 34.6 Å². The molecule has 1 fully saturated rings. The number of benzene rings is 2. The maximum Gasteiger partial charge on any atom is 0.361 e. The Bertz CT molecular complexity index is 1080. The summed E-state index contributed by atoms with van der Waals surface area (Å²) in [5.41, 5.74) is 5.08. The average molecular weight is 444 g/mol. The highest BCUT2D eigenvalue weighted by molar-refractivity contribution is 6.69. The molecule has 4 N–H and O–H groups in total. The monoisotopic (exact) mass is 444 g/mol. The summed E-state index contributed by atoms with van der Waals surface area (Å²) in [5.74, 6) is -0.929. The van der Waals surface area contributed by atoms with Gasteiger partial charge in [0.15, 0.2) is 11.8 Å². The average Bonchev–Trinajstić information content (AvgIpc) is 3.11. The number of nitro benzene ring substituents is 2. The Kier molecular flexibility index (Phi) is 6.67. The standard InChI is InChI=1S/C18H16N6O8/c25-9-14(26)17-15(21-19-10-1-5-12(6-2-10)23(28)29)16(18(27)32-17)22-20-11-3-7-13(8-4-11)24(30)31/h1-8,14,17,19-20,25-26H,9H2/b21-15+,22-16-. The van der Waals surface area contributed by atoms with Crippen LogP contribution in [0.1, 0.15) is 0 Å². The summed E-state index contributed by atoms with van der Waals surface area (Å²) in [7, 11) is 0. The van der Waals surface area contributed by atoms with Gasteiger partial charge in [0.05, 0.1) is 27.8 Å². The Morgan fingerprint density at radius 2 is 1.41 bits per heavy atom. The molecule has 166 valence electrons. The number of aliphatic hydroxyl groups is 2. The number of carbonyl (C=O) groups is 1. The van der Waals surface area contributed by atoms with Crippen molar-refractivity contribution in [3.05, 3.63) is 68.8 Å². The predicted molar refractivity (Wildman–Crippen MR) is 111 cm³/mol. The van der Waals surface area contributed by atoms with Crippen molar-refractivity contribution < 1.29 is 29.6 Å². The number of esters is 1. The summed E-state index contributed by atoms with van der Waals surface area (Å²) >= 11 is 0. The van der Waals surface area contributed by atoms with E-state index in [4.69, 9.17) is 4.74 Å². The van der Waals surface area contributed by atoms with Crippen LogP contribution in [-0.4, -0.2) is 56.3 Å². The highest BCUT2D eigenvalue weighted by Crippen LogP contribution is 2.19. The number of anilines is 2. The molecule has 1 saturated heterocycles. The van der Waals surface area contributed by atoms with Crippen molar-refractivity contribution >= 4 is 40.1 Å². The maximum atomic E-state index is 12.3. The molecule has 32 heavy (non-hydrogen) atoms. The smallest absolute Gasteiger partial charge is 0.361 e. The first-order valence-electron chi connectivity index (χ1n) is 8.96. The van der Waals surface area contributed by atoms with Crippen molar-refractivity contribution in [1.82, 2.24) is 0 Å². The molecule has 1 aliphatic rings. The van der Waals surface area contributed by atoms with Crippen molar-refractivity contribution in [2.75, 3.05) is 17.5 Å². The zero-order chi connectivity index (χ0) is 23.3. The maximum absolute atomic E-state index is 12.3. The number of aliphatic hydroxyl groups excluding tert-OH is 2. The van der Waals surface area contributed by atoms with E-state index in [-0.39, 0.29) is 22.8 Å². The SMILES string of the molecule is O=C1OC(C(O)CO)C(=N/Nc2ccc([N+](=O)[O-])cc2)/C1=N/Nc1ccc([N+](=O)[O-])cc1. The lowest BCUT2D eigenvalue weighted by molar-refractivity contribution is -0.385. The quantitative estimate of drug-likeness (QED) is 0.258. The summed E-state index contributed by atoms with van der Waals surface area (Å²) in [6.45, 7) is -0.725. The van der Waals surface area contributed by atoms with Crippen LogP contribution in [0.5, 0.6) is 0 Å². The van der Waals surface area contributed by atoms with Gasteiger partial charge in [-0.3, -0.25) is 31.1 Å². The molecule has 0 saturated carbocycles. The second-order valence-electron chi connectivity index (χ2n) is 6.36. The van der Waals surface area contributed by atoms with Crippen molar-refractivity contribution in [2.24, 2.45) is 10.2 Å². The van der Waals surface area contributed by atoms with Crippen LogP contribution in [0.4, 0.5) is 22.7 Å². The Hall–Kier alpha value is -4.43. The molecule has 0 bridgehead atoms. The molecule has 1 aliphatic heterocycles. The molecular formula is C18H16N6O8. The first-order valence-corrected chi connectivity index (χ1v) is 8.96. The van der Waals surface area contributed by atoms with Gasteiger partial charge in [0.25, 0.3) is 11.4 Å². The van der Waals surface area contributed by atoms with Gasteiger partial charge in [-0.05, 0) is 24.3 Å². The van der Waals surface area contributed by atoms with Crippen LogP contribution in [0, 0.1) is 20.2 Å². The van der Waals surface area contributed by atoms with E-state index in [9.17, 15) is 35.2 Å². The Labute approximate surface area is 179 Å². The van der Waals surface area contributed by atoms with Gasteiger partial charge >= 0.3 is 5.97 Å². The van der Waals surface area contributed by atoms with Crippen molar-refractivity contribution in [3.63, 3.8) is 0 Å². The van der Waals surface area contributed by atoms with Crippen LogP contribution in [-0.2, 0) is 9.53 Å². The highest BCUT2D eigenvalue weighted by atomic mass is 16.6. The highest BCUT2D eigenvalue weighted by Gasteiger charge is 2.42. The van der Waals surface area contributed by atoms with Crippen LogP contribution in [0.3, 0.4) is 0 Å². The molecule has 0 spiro atoms. The zero-order valence-corrected chi connectivity index (χ0v) is 16.1. The molecule has 0 amide bonds. The van der Waals surface area contributed by atoms with Gasteiger partial charge in [0.1, 0.15) is 11.8 Å². The number of ether oxygens (including phenoxy) is 1. The number of carbonyl (C=O) groups excluding carboxylic acids is 1. The molecular weight excluding hydrogens is 428 g/mol. The second kappa shape index (κ2) is 9.59. The predicted octanol–water partition coefficient (Wildman–Crippen LogP) is 1.02. The van der Waals surface area contributed by atoms with Crippen molar-refractivity contribution in [3.8, 4) is 0 Å². The first-order chi connectivity index (χ1) is 15.3. The summed E-state index contributed by atoms with van der Waals surface area (Å²) in [4.78, 5) is 32.6. The number of cyclic esters (lactones) is 1. The van der Waals surface area contributed by atoms with Gasteiger partial charge in [-0.1, -0.05) is 0 Å². The summed E-state index contributed by atoms with van der Waals surface area (Å²) in [5, 5.41) is 48.6. The van der Waals surface area contributed by atoms with Crippen LogP contribution >= 0.6 is 0 Å². The molecule has 2 aromatic carbocycles. The third-order valence-corrected chi connectivity index (χ3v) is 4.23. The number of hydrazone groups is 2. The number of nitro groups is 2. The zero-order valence-electron chi connectivity index (χ0n) is 16.1. The number of non-ortho nitro benzene ring substituents is 2. The van der Waals surface area contributed by atoms with E-state index in [0.29, 0.717) is 11.4 Å². The van der Waals surface area contributed by atoms with Gasteiger partial charge in [-0.25, -0.2) is 4.79 Å². The fourth-order valence-electron chi connectivity index (χ4n) is 2.60. The first kappa shape index (κ1) is 22.3. The van der Waals surface area contributed by atoms with Crippen molar-refractivity contribution in [1.29, 1.82) is 0 Å². The van der Waals surface area contributed by atoms with Crippen LogP contribution < -0.4 is 10.9 Å². The molecule has 14 heteroatoms. The van der Waals surface area contributed by atoms with Crippen molar-refractivity contribution in [2.45, 2.75) is 12.2 Å². The van der Waals surface area contributed by atoms with Crippen LogP contribution in [0.25, 0.3) is 0 Å². The third-order valence-electron chi connectivity index (χ3n) is 4.23. The topological polar surface area (TPSA) is 202 Å². The summed E-state index contributed by atoms with van der Waals surface area (Å²) in [6, 6.07) is 10.4. The molecule has 14 nitrogen and oxygen atoms in total. The van der Waals surface area contributed by atoms with Crippen LogP contribution in [0.2, 0.25) is 0 Å². The summed E-state index contributed by atoms with van der Waals surface area (Å²) < 4.78 is 5.05. The molecule has 1 heterocycles. The fourth-order valence-corrected chi connectivity index (χ4v) is 2.60. The number of hydrogen-bond donors (Lipinski definition) is 4. The molecule has 2 atom stereocenters. The van der Waals surface area contributed by atoms with Gasteiger partial charge in [-0.15, -0.1) is 0 Å². The summed E-state index contributed by atoms with van der Waals surface area (Å²) in [6.07, 6.45) is -2.81. The van der Waals surface area contributed by atoms with E-state index >= 15 is 0 Å². The Balaban J connectivity index is 1.85. The largest absolute Gasteiger partial charge is 0.448 e. The van der Waals surface area contributed by atoms with Crippen LogP contribution in [0.15, 0.2) is 58.7 Å². The molecule has 2 aromatic rings. The van der Waals surface area contributed by atoms with E-state index in [1.807, 2.05) is 0 Å². The van der Waals surface area contributed by atoms with Gasteiger partial charge in [-0.2, -0.15) is 10.2 Å². The molecule has 3 rings (SSSR count). The van der Waals surface area contributed by atoms with E-state index in [2.05, 4.69) is 21.1 Å². The lowest BCUT2D eigenvalue weighted by atomic mass is 10.1. The van der Waals surface area contributed by atoms with E-state index in [1.165, 1.54) is 48.5 Å². The lowest BCUT2D eigenvalue weighted by Gasteiger charge is -2.14. The lowest BCUT2D eigenvalue weighted by Crippen LogP contribution is -2.36. The van der Waals surface area contributed by atoms with E-state index in [0.717, 1.165) is 0 Å². The minimum absolute atomic E-state index is 0.134. The minimum Gasteiger partial charge on any atom is -0.448 e. The molecule has 0 aliphatic carbocycles. The van der Waals surface area contributed by atoms with Gasteiger partial charge < -0.3 is 14.9 Å². The number of nitrogens with one attached hydrogen (secondary N) is 2. The molecule has 0 aromatic heterocycles.